The summed E-state index contributed by atoms with van der Waals surface area (Å²) >= 11 is 0. The third kappa shape index (κ3) is 2.81. The first kappa shape index (κ1) is 18.0. The van der Waals surface area contributed by atoms with Crippen LogP contribution in [0.15, 0.2) is 53.4 Å². The second kappa shape index (κ2) is 6.07. The van der Waals surface area contributed by atoms with Crippen molar-refractivity contribution in [1.29, 1.82) is 0 Å². The van der Waals surface area contributed by atoms with Gasteiger partial charge in [0.15, 0.2) is 0 Å². The summed E-state index contributed by atoms with van der Waals surface area (Å²) < 4.78 is 52.5. The van der Waals surface area contributed by atoms with E-state index in [4.69, 9.17) is 0 Å². The van der Waals surface area contributed by atoms with Crippen LogP contribution >= 0.6 is 0 Å². The van der Waals surface area contributed by atoms with Crippen molar-refractivity contribution in [2.24, 2.45) is 0 Å². The monoisotopic (exact) mass is 406 g/mol. The number of carbonyl (C=O) groups excluding carboxylic acids is 1. The zero-order valence-electron chi connectivity index (χ0n) is 14.6. The fraction of sp³-hybridized carbons (Fsp3) is 0.278. The molecule has 1 atom stereocenters. The summed E-state index contributed by atoms with van der Waals surface area (Å²) in [6, 6.07) is 12.6. The van der Waals surface area contributed by atoms with E-state index in [1.165, 1.54) is 28.6 Å². The summed E-state index contributed by atoms with van der Waals surface area (Å²) in [5.41, 5.74) is 1.79. The van der Waals surface area contributed by atoms with Gasteiger partial charge in [0.2, 0.25) is 15.9 Å². The van der Waals surface area contributed by atoms with E-state index in [9.17, 15) is 21.6 Å². The Hall–Kier alpha value is -2.39. The third-order valence-corrected chi connectivity index (χ3v) is 8.48. The fourth-order valence-corrected chi connectivity index (χ4v) is 6.79. The van der Waals surface area contributed by atoms with Crippen molar-refractivity contribution in [3.63, 3.8) is 0 Å². The molecular formula is C18H18N2O5S2. The van der Waals surface area contributed by atoms with Gasteiger partial charge in [-0.1, -0.05) is 18.2 Å². The summed E-state index contributed by atoms with van der Waals surface area (Å²) in [5.74, 6) is -0.735. The molecule has 0 radical (unpaired) electrons. The van der Waals surface area contributed by atoms with Gasteiger partial charge in [0.1, 0.15) is 0 Å². The predicted octanol–water partition coefficient (Wildman–Crippen LogP) is 1.89. The molecule has 7 nitrogen and oxygen atoms in total. The third-order valence-electron chi connectivity index (χ3n) is 4.85. The van der Waals surface area contributed by atoms with E-state index in [0.717, 1.165) is 9.87 Å². The number of sulfonamides is 2. The molecule has 2 heterocycles. The topological polar surface area (TPSA) is 91.8 Å². The lowest BCUT2D eigenvalue weighted by Crippen LogP contribution is -2.35. The van der Waals surface area contributed by atoms with Gasteiger partial charge >= 0.3 is 0 Å². The smallest absolute Gasteiger partial charge is 0.264 e. The molecule has 2 aliphatic rings. The van der Waals surface area contributed by atoms with Gasteiger partial charge in [-0.25, -0.2) is 21.1 Å². The molecule has 2 aromatic carbocycles. The fourth-order valence-electron chi connectivity index (χ4n) is 3.64. The lowest BCUT2D eigenvalue weighted by molar-refractivity contribution is -0.116. The summed E-state index contributed by atoms with van der Waals surface area (Å²) in [5, 5.41) is 0. The Morgan fingerprint density at radius 3 is 2.33 bits per heavy atom. The number of fused-ring (bicyclic) bond motifs is 1. The van der Waals surface area contributed by atoms with Crippen LogP contribution in [0.1, 0.15) is 18.9 Å². The van der Waals surface area contributed by atoms with Crippen LogP contribution in [0.4, 0.5) is 11.4 Å². The van der Waals surface area contributed by atoms with Crippen LogP contribution in [0, 0.1) is 0 Å². The van der Waals surface area contributed by atoms with Crippen LogP contribution in [0.2, 0.25) is 0 Å². The second-order valence-corrected chi connectivity index (χ2v) is 10.5. The molecular weight excluding hydrogens is 388 g/mol. The minimum atomic E-state index is -3.80. The first-order valence-corrected chi connectivity index (χ1v) is 11.5. The Morgan fingerprint density at radius 1 is 1.04 bits per heavy atom. The van der Waals surface area contributed by atoms with Crippen LogP contribution in [0.3, 0.4) is 0 Å². The van der Waals surface area contributed by atoms with Gasteiger partial charge in [-0.3, -0.25) is 9.10 Å². The number of benzene rings is 2. The molecule has 1 unspecified atom stereocenters. The molecule has 1 fully saturated rings. The Labute approximate surface area is 158 Å². The van der Waals surface area contributed by atoms with Crippen molar-refractivity contribution >= 4 is 37.3 Å². The molecule has 9 heteroatoms. The van der Waals surface area contributed by atoms with Gasteiger partial charge in [0, 0.05) is 12.5 Å². The maximum Gasteiger partial charge on any atom is 0.264 e. The van der Waals surface area contributed by atoms with Crippen molar-refractivity contribution in [2.45, 2.75) is 30.7 Å². The number of nitrogens with zero attached hydrogens (tertiary/aromatic N) is 2. The molecule has 0 saturated carbocycles. The molecule has 2 aliphatic heterocycles. The lowest BCUT2D eigenvalue weighted by Gasteiger charge is -2.24. The summed E-state index contributed by atoms with van der Waals surface area (Å²) in [6.07, 6.45) is 0.568. The van der Waals surface area contributed by atoms with Crippen molar-refractivity contribution in [3.05, 3.63) is 54.1 Å². The van der Waals surface area contributed by atoms with Crippen molar-refractivity contribution < 1.29 is 21.6 Å². The van der Waals surface area contributed by atoms with Crippen LogP contribution < -0.4 is 8.61 Å². The number of anilines is 2. The number of hydrogen-bond donors (Lipinski definition) is 0. The largest absolute Gasteiger partial charge is 0.273 e. The molecule has 4 rings (SSSR count). The van der Waals surface area contributed by atoms with Crippen LogP contribution in [-0.4, -0.2) is 34.5 Å². The van der Waals surface area contributed by atoms with E-state index in [1.54, 1.807) is 12.1 Å². The molecule has 0 aliphatic carbocycles. The van der Waals surface area contributed by atoms with Crippen molar-refractivity contribution in [1.82, 2.24) is 0 Å². The van der Waals surface area contributed by atoms with E-state index in [-0.39, 0.29) is 28.8 Å². The van der Waals surface area contributed by atoms with Crippen molar-refractivity contribution in [3.8, 4) is 0 Å². The zero-order valence-corrected chi connectivity index (χ0v) is 16.2. The van der Waals surface area contributed by atoms with Gasteiger partial charge in [-0.05, 0) is 49.2 Å². The average molecular weight is 406 g/mol. The molecule has 27 heavy (non-hydrogen) atoms. The minimum Gasteiger partial charge on any atom is -0.273 e. The Balaban J connectivity index is 1.71. The number of hydrogen-bond acceptors (Lipinski definition) is 5. The summed E-state index contributed by atoms with van der Waals surface area (Å²) in [6.45, 7) is 1.85. The first-order valence-electron chi connectivity index (χ1n) is 8.50. The molecule has 0 spiro atoms. The zero-order chi connectivity index (χ0) is 19.4. The van der Waals surface area contributed by atoms with Gasteiger partial charge < -0.3 is 0 Å². The van der Waals surface area contributed by atoms with E-state index < -0.39 is 26.0 Å². The number of amides is 1. The van der Waals surface area contributed by atoms with Gasteiger partial charge in [0.05, 0.1) is 22.0 Å². The number of rotatable bonds is 3. The molecule has 1 amide bonds. The molecule has 0 bridgehead atoms. The van der Waals surface area contributed by atoms with E-state index in [1.807, 2.05) is 19.1 Å². The standard InChI is InChI=1S/C18H18N2O5S2/c1-13-12-14-4-2-3-5-17(14)19(13)27(24,25)16-8-6-15(7-9-16)20-18(21)10-11-26(20,22)23/h2-9,13H,10-12H2,1H3. The summed E-state index contributed by atoms with van der Waals surface area (Å²) in [7, 11) is -7.48. The number of para-hydroxylation sites is 1. The average Bonchev–Trinajstić information content (AvgIpc) is 3.10. The quantitative estimate of drug-likeness (QED) is 0.776. The predicted molar refractivity (Wildman–Crippen MR) is 102 cm³/mol. The highest BCUT2D eigenvalue weighted by molar-refractivity contribution is 7.94. The Kier molecular flexibility index (Phi) is 4.04. The normalized spacial score (nSPS) is 21.5. The summed E-state index contributed by atoms with van der Waals surface area (Å²) in [4.78, 5) is 11.9. The van der Waals surface area contributed by atoms with Crippen LogP contribution in [0.25, 0.3) is 0 Å². The number of carbonyl (C=O) groups is 1. The van der Waals surface area contributed by atoms with Gasteiger partial charge in [-0.15, -0.1) is 0 Å². The van der Waals surface area contributed by atoms with Crippen molar-refractivity contribution in [2.75, 3.05) is 14.4 Å². The molecule has 2 aromatic rings. The highest BCUT2D eigenvalue weighted by atomic mass is 32.2. The molecule has 0 aromatic heterocycles. The molecule has 142 valence electrons. The second-order valence-electron chi connectivity index (χ2n) is 6.70. The highest BCUT2D eigenvalue weighted by Crippen LogP contribution is 2.37. The van der Waals surface area contributed by atoms with E-state index >= 15 is 0 Å². The maximum absolute atomic E-state index is 13.2. The van der Waals surface area contributed by atoms with E-state index in [0.29, 0.717) is 12.1 Å². The molecule has 1 saturated heterocycles. The maximum atomic E-state index is 13.2. The first-order chi connectivity index (χ1) is 12.7. The molecule has 0 N–H and O–H groups in total. The van der Waals surface area contributed by atoms with Crippen LogP contribution in [0.5, 0.6) is 0 Å². The van der Waals surface area contributed by atoms with Gasteiger partial charge in [-0.2, -0.15) is 0 Å². The van der Waals surface area contributed by atoms with Crippen LogP contribution in [-0.2, 0) is 31.3 Å². The van der Waals surface area contributed by atoms with E-state index in [2.05, 4.69) is 0 Å². The minimum absolute atomic E-state index is 0.0545. The Bertz CT molecular complexity index is 1120. The lowest BCUT2D eigenvalue weighted by atomic mass is 10.1. The Morgan fingerprint density at radius 2 is 1.70 bits per heavy atom. The highest BCUT2D eigenvalue weighted by Gasteiger charge is 2.38. The van der Waals surface area contributed by atoms with Gasteiger partial charge in [0.25, 0.3) is 10.0 Å². The SMILES string of the molecule is CC1Cc2ccccc2N1S(=O)(=O)c1ccc(N2C(=O)CCS2(=O)=O)cc1.